The molecule has 0 amide bonds. The Kier molecular flexibility index (Phi) is 7.00. The Morgan fingerprint density at radius 3 is 2.25 bits per heavy atom. The Labute approximate surface area is 124 Å². The summed E-state index contributed by atoms with van der Waals surface area (Å²) >= 11 is 0. The molecule has 0 atom stereocenters. The molecule has 1 aromatic heterocycles. The van der Waals surface area contributed by atoms with Gasteiger partial charge in [0.1, 0.15) is 5.82 Å². The second-order valence-corrected chi connectivity index (χ2v) is 6.58. The van der Waals surface area contributed by atoms with Crippen LogP contribution in [-0.2, 0) is 6.54 Å². The number of anilines is 1. The predicted octanol–water partition coefficient (Wildman–Crippen LogP) is 3.92. The molecule has 0 aliphatic rings. The fourth-order valence-corrected chi connectivity index (χ4v) is 2.51. The monoisotopic (exact) mass is 277 g/mol. The fourth-order valence-electron chi connectivity index (χ4n) is 2.51. The average molecular weight is 277 g/mol. The Bertz CT molecular complexity index is 378. The van der Waals surface area contributed by atoms with Gasteiger partial charge < -0.3 is 10.6 Å². The van der Waals surface area contributed by atoms with Crippen LogP contribution in [0.3, 0.4) is 0 Å². The van der Waals surface area contributed by atoms with Crippen LogP contribution in [0.4, 0.5) is 5.82 Å². The Hall–Kier alpha value is -1.09. The van der Waals surface area contributed by atoms with E-state index in [-0.39, 0.29) is 0 Å². The van der Waals surface area contributed by atoms with Gasteiger partial charge in [0.2, 0.25) is 0 Å². The zero-order valence-electron chi connectivity index (χ0n) is 13.9. The normalized spacial score (nSPS) is 11.9. The minimum Gasteiger partial charge on any atom is -0.370 e. The van der Waals surface area contributed by atoms with Crippen molar-refractivity contribution in [3.8, 4) is 0 Å². The summed E-state index contributed by atoms with van der Waals surface area (Å²) in [5.41, 5.74) is 1.24. The van der Waals surface area contributed by atoms with E-state index < -0.39 is 0 Å². The molecule has 1 rings (SSSR count). The van der Waals surface area contributed by atoms with E-state index in [4.69, 9.17) is 0 Å². The first-order chi connectivity index (χ1) is 9.41. The third-order valence-electron chi connectivity index (χ3n) is 3.81. The van der Waals surface area contributed by atoms with Crippen LogP contribution in [0, 0.1) is 17.8 Å². The highest BCUT2D eigenvalue weighted by atomic mass is 15.0. The molecule has 0 saturated heterocycles. The maximum atomic E-state index is 4.50. The molecule has 0 aliphatic carbocycles. The first-order valence-electron chi connectivity index (χ1n) is 7.83. The molecule has 20 heavy (non-hydrogen) atoms. The number of hydrogen-bond acceptors (Lipinski definition) is 3. The average Bonchev–Trinajstić information content (AvgIpc) is 2.36. The Morgan fingerprint density at radius 2 is 1.70 bits per heavy atom. The lowest BCUT2D eigenvalue weighted by atomic mass is 9.85. The van der Waals surface area contributed by atoms with Gasteiger partial charge in [-0.1, -0.05) is 47.6 Å². The van der Waals surface area contributed by atoms with Crippen LogP contribution in [0.5, 0.6) is 0 Å². The van der Waals surface area contributed by atoms with Crippen molar-refractivity contribution >= 4 is 5.82 Å². The van der Waals surface area contributed by atoms with E-state index in [9.17, 15) is 0 Å². The van der Waals surface area contributed by atoms with E-state index >= 15 is 0 Å². The summed E-state index contributed by atoms with van der Waals surface area (Å²) in [6, 6.07) is 4.64. The van der Waals surface area contributed by atoms with Crippen LogP contribution in [-0.4, -0.2) is 17.6 Å². The number of aromatic nitrogens is 1. The summed E-state index contributed by atoms with van der Waals surface area (Å²) in [5.74, 6) is 3.06. The SMILES string of the molecule is CC(C)NCc1cccnc1NCC(C(C)C)C(C)C. The van der Waals surface area contributed by atoms with Crippen molar-refractivity contribution in [2.45, 2.75) is 54.1 Å². The molecule has 114 valence electrons. The predicted molar refractivity (Wildman–Crippen MR) is 87.9 cm³/mol. The molecule has 0 fully saturated rings. The van der Waals surface area contributed by atoms with Crippen LogP contribution in [0.1, 0.15) is 47.1 Å². The van der Waals surface area contributed by atoms with E-state index in [1.807, 2.05) is 12.3 Å². The van der Waals surface area contributed by atoms with Gasteiger partial charge in [-0.25, -0.2) is 4.98 Å². The molecule has 3 nitrogen and oxygen atoms in total. The first kappa shape index (κ1) is 17.0. The molecule has 0 unspecified atom stereocenters. The van der Waals surface area contributed by atoms with Gasteiger partial charge in [-0.15, -0.1) is 0 Å². The molecule has 0 bridgehead atoms. The third-order valence-corrected chi connectivity index (χ3v) is 3.81. The minimum absolute atomic E-state index is 0.488. The second kappa shape index (κ2) is 8.25. The number of nitrogens with zero attached hydrogens (tertiary/aromatic N) is 1. The lowest BCUT2D eigenvalue weighted by Crippen LogP contribution is -2.26. The van der Waals surface area contributed by atoms with Crippen molar-refractivity contribution in [1.29, 1.82) is 0 Å². The molecule has 1 aromatic rings. The largest absolute Gasteiger partial charge is 0.370 e. The Balaban J connectivity index is 2.67. The third kappa shape index (κ3) is 5.49. The molecular formula is C17H31N3. The van der Waals surface area contributed by atoms with Crippen LogP contribution in [0.15, 0.2) is 18.3 Å². The molecular weight excluding hydrogens is 246 g/mol. The molecule has 0 saturated carbocycles. The summed E-state index contributed by atoms with van der Waals surface area (Å²) in [6.07, 6.45) is 1.86. The lowest BCUT2D eigenvalue weighted by molar-refractivity contribution is 0.304. The topological polar surface area (TPSA) is 37.0 Å². The summed E-state index contributed by atoms with van der Waals surface area (Å²) in [7, 11) is 0. The van der Waals surface area contributed by atoms with Crippen LogP contribution >= 0.6 is 0 Å². The van der Waals surface area contributed by atoms with Crippen LogP contribution in [0.2, 0.25) is 0 Å². The number of nitrogens with one attached hydrogen (secondary N) is 2. The van der Waals surface area contributed by atoms with Gasteiger partial charge in [0.15, 0.2) is 0 Å². The van der Waals surface area contributed by atoms with Gasteiger partial charge in [-0.3, -0.25) is 0 Å². The van der Waals surface area contributed by atoms with Gasteiger partial charge in [0, 0.05) is 30.9 Å². The highest BCUT2D eigenvalue weighted by Crippen LogP contribution is 2.21. The summed E-state index contributed by atoms with van der Waals surface area (Å²) in [6.45, 7) is 15.4. The van der Waals surface area contributed by atoms with Crippen molar-refractivity contribution in [2.75, 3.05) is 11.9 Å². The second-order valence-electron chi connectivity index (χ2n) is 6.58. The number of rotatable bonds is 8. The van der Waals surface area contributed by atoms with E-state index in [1.54, 1.807) is 0 Å². The maximum Gasteiger partial charge on any atom is 0.130 e. The highest BCUT2D eigenvalue weighted by Gasteiger charge is 2.17. The number of pyridine rings is 1. The van der Waals surface area contributed by atoms with Crippen molar-refractivity contribution in [2.24, 2.45) is 17.8 Å². The van der Waals surface area contributed by atoms with E-state index in [1.165, 1.54) is 5.56 Å². The molecule has 0 aliphatic heterocycles. The standard InChI is InChI=1S/C17H31N3/c1-12(2)16(13(3)4)11-20-17-15(8-7-9-18-17)10-19-14(5)6/h7-9,12-14,16,19H,10-11H2,1-6H3,(H,18,20). The summed E-state index contributed by atoms with van der Waals surface area (Å²) < 4.78 is 0. The zero-order valence-corrected chi connectivity index (χ0v) is 13.9. The van der Waals surface area contributed by atoms with E-state index in [0.29, 0.717) is 23.8 Å². The highest BCUT2D eigenvalue weighted by molar-refractivity contribution is 5.43. The molecule has 3 heteroatoms. The first-order valence-corrected chi connectivity index (χ1v) is 7.83. The van der Waals surface area contributed by atoms with Crippen molar-refractivity contribution in [3.05, 3.63) is 23.9 Å². The van der Waals surface area contributed by atoms with Crippen molar-refractivity contribution in [1.82, 2.24) is 10.3 Å². The Morgan fingerprint density at radius 1 is 1.05 bits per heavy atom. The van der Waals surface area contributed by atoms with Gasteiger partial charge in [0.05, 0.1) is 0 Å². The summed E-state index contributed by atoms with van der Waals surface area (Å²) in [5, 5.41) is 7.00. The van der Waals surface area contributed by atoms with Crippen molar-refractivity contribution < 1.29 is 0 Å². The number of hydrogen-bond donors (Lipinski definition) is 2. The maximum absolute atomic E-state index is 4.50. The van der Waals surface area contributed by atoms with Crippen molar-refractivity contribution in [3.63, 3.8) is 0 Å². The molecule has 0 spiro atoms. The fraction of sp³-hybridized carbons (Fsp3) is 0.706. The molecule has 0 aromatic carbocycles. The van der Waals surface area contributed by atoms with Gasteiger partial charge in [-0.2, -0.15) is 0 Å². The quantitative estimate of drug-likeness (QED) is 0.756. The molecule has 2 N–H and O–H groups in total. The summed E-state index contributed by atoms with van der Waals surface area (Å²) in [4.78, 5) is 4.50. The van der Waals surface area contributed by atoms with Gasteiger partial charge in [-0.05, 0) is 23.8 Å². The van der Waals surface area contributed by atoms with Crippen LogP contribution < -0.4 is 10.6 Å². The smallest absolute Gasteiger partial charge is 0.130 e. The van der Waals surface area contributed by atoms with Gasteiger partial charge in [0.25, 0.3) is 0 Å². The van der Waals surface area contributed by atoms with E-state index in [2.05, 4.69) is 63.2 Å². The minimum atomic E-state index is 0.488. The molecule has 0 radical (unpaired) electrons. The zero-order chi connectivity index (χ0) is 15.1. The lowest BCUT2D eigenvalue weighted by Gasteiger charge is -2.26. The van der Waals surface area contributed by atoms with Gasteiger partial charge >= 0.3 is 0 Å². The van der Waals surface area contributed by atoms with Crippen LogP contribution in [0.25, 0.3) is 0 Å². The van der Waals surface area contributed by atoms with E-state index in [0.717, 1.165) is 18.9 Å². The molecule has 1 heterocycles.